The summed E-state index contributed by atoms with van der Waals surface area (Å²) in [7, 11) is 0. The van der Waals surface area contributed by atoms with Crippen molar-refractivity contribution in [3.8, 4) is 0 Å². The Balaban J connectivity index is 2.61. The van der Waals surface area contributed by atoms with Crippen molar-refractivity contribution in [1.82, 2.24) is 0 Å². The van der Waals surface area contributed by atoms with Crippen molar-refractivity contribution in [3.63, 3.8) is 0 Å². The molecule has 1 aliphatic rings. The van der Waals surface area contributed by atoms with Crippen molar-refractivity contribution in [3.05, 3.63) is 0 Å². The first-order chi connectivity index (χ1) is 7.00. The van der Waals surface area contributed by atoms with Crippen LogP contribution >= 0.6 is 0 Å². The number of carboxylic acid groups (broad SMARTS) is 2. The van der Waals surface area contributed by atoms with Crippen molar-refractivity contribution in [1.29, 1.82) is 0 Å². The van der Waals surface area contributed by atoms with Gasteiger partial charge < -0.3 is 14.9 Å². The number of rotatable bonds is 5. The monoisotopic (exact) mass is 216 g/mol. The largest absolute Gasteiger partial charge is 0.481 e. The highest BCUT2D eigenvalue weighted by Gasteiger charge is 2.34. The molecule has 0 aromatic carbocycles. The molecule has 0 aromatic rings. The van der Waals surface area contributed by atoms with Crippen molar-refractivity contribution in [2.75, 3.05) is 6.61 Å². The van der Waals surface area contributed by atoms with Gasteiger partial charge in [0, 0.05) is 19.4 Å². The lowest BCUT2D eigenvalue weighted by Gasteiger charge is -2.22. The number of carbonyl (C=O) groups is 2. The van der Waals surface area contributed by atoms with Crippen LogP contribution in [-0.4, -0.2) is 34.9 Å². The van der Waals surface area contributed by atoms with Gasteiger partial charge in [0.05, 0.1) is 6.10 Å². The summed E-state index contributed by atoms with van der Waals surface area (Å²) < 4.78 is 5.32. The molecular weight excluding hydrogens is 200 g/mol. The molecule has 1 saturated heterocycles. The molecule has 5 heteroatoms. The molecule has 0 aromatic heterocycles. The van der Waals surface area contributed by atoms with Crippen molar-refractivity contribution < 1.29 is 24.5 Å². The molecule has 0 radical (unpaired) electrons. The van der Waals surface area contributed by atoms with E-state index in [4.69, 9.17) is 14.9 Å². The fraction of sp³-hybridized carbons (Fsp3) is 0.800. The van der Waals surface area contributed by atoms with Crippen LogP contribution in [0.5, 0.6) is 0 Å². The zero-order valence-corrected chi connectivity index (χ0v) is 8.68. The van der Waals surface area contributed by atoms with E-state index >= 15 is 0 Å². The van der Waals surface area contributed by atoms with Crippen LogP contribution < -0.4 is 0 Å². The fourth-order valence-electron chi connectivity index (χ4n) is 2.19. The standard InChI is InChI=1S/C10H16O5/c1-6-8(2-3-15-6)7(4-9(11)12)5-10(13)14/h6-8H,2-5H2,1H3,(H,11,12)(H,13,14). The van der Waals surface area contributed by atoms with Gasteiger partial charge in [-0.05, 0) is 25.2 Å². The molecule has 2 N–H and O–H groups in total. The van der Waals surface area contributed by atoms with Crippen molar-refractivity contribution >= 4 is 11.9 Å². The first-order valence-corrected chi connectivity index (χ1v) is 5.06. The van der Waals surface area contributed by atoms with Crippen LogP contribution in [0.15, 0.2) is 0 Å². The Bertz CT molecular complexity index is 234. The second-order valence-corrected chi connectivity index (χ2v) is 3.98. The number of carboxylic acids is 2. The van der Waals surface area contributed by atoms with Crippen LogP contribution in [0.3, 0.4) is 0 Å². The van der Waals surface area contributed by atoms with Gasteiger partial charge in [0.25, 0.3) is 0 Å². The first-order valence-electron chi connectivity index (χ1n) is 5.06. The maximum absolute atomic E-state index is 10.6. The van der Waals surface area contributed by atoms with Gasteiger partial charge in [0.15, 0.2) is 0 Å². The molecule has 0 amide bonds. The average Bonchev–Trinajstić information content (AvgIpc) is 2.48. The van der Waals surface area contributed by atoms with E-state index in [0.717, 1.165) is 6.42 Å². The highest BCUT2D eigenvalue weighted by molar-refractivity contribution is 5.70. The molecule has 86 valence electrons. The van der Waals surface area contributed by atoms with E-state index in [1.54, 1.807) is 0 Å². The summed E-state index contributed by atoms with van der Waals surface area (Å²) in [6, 6.07) is 0. The second kappa shape index (κ2) is 5.11. The molecule has 0 spiro atoms. The predicted molar refractivity (Wildman–Crippen MR) is 51.5 cm³/mol. The number of hydrogen-bond acceptors (Lipinski definition) is 3. The second-order valence-electron chi connectivity index (χ2n) is 3.98. The first kappa shape index (κ1) is 12.0. The van der Waals surface area contributed by atoms with Gasteiger partial charge in [-0.15, -0.1) is 0 Å². The van der Waals surface area contributed by atoms with Gasteiger partial charge in [-0.3, -0.25) is 9.59 Å². The molecular formula is C10H16O5. The molecule has 2 atom stereocenters. The quantitative estimate of drug-likeness (QED) is 0.715. The average molecular weight is 216 g/mol. The summed E-state index contributed by atoms with van der Waals surface area (Å²) in [5.41, 5.74) is 0. The summed E-state index contributed by atoms with van der Waals surface area (Å²) in [6.07, 6.45) is 0.538. The Morgan fingerprint density at radius 3 is 2.20 bits per heavy atom. The predicted octanol–water partition coefficient (Wildman–Crippen LogP) is 0.977. The van der Waals surface area contributed by atoms with Crippen LogP contribution in [0, 0.1) is 11.8 Å². The highest BCUT2D eigenvalue weighted by Crippen LogP contribution is 2.32. The molecule has 5 nitrogen and oxygen atoms in total. The fourth-order valence-corrected chi connectivity index (χ4v) is 2.19. The van der Waals surface area contributed by atoms with E-state index in [9.17, 15) is 9.59 Å². The minimum absolute atomic E-state index is 0.0336. The van der Waals surface area contributed by atoms with E-state index in [1.807, 2.05) is 6.92 Å². The summed E-state index contributed by atoms with van der Waals surface area (Å²) in [4.78, 5) is 21.2. The molecule has 1 aliphatic heterocycles. The molecule has 1 fully saturated rings. The molecule has 1 heterocycles. The summed E-state index contributed by atoms with van der Waals surface area (Å²) in [6.45, 7) is 2.47. The van der Waals surface area contributed by atoms with Gasteiger partial charge >= 0.3 is 11.9 Å². The zero-order valence-electron chi connectivity index (χ0n) is 8.68. The van der Waals surface area contributed by atoms with Gasteiger partial charge in [0.1, 0.15) is 0 Å². The summed E-state index contributed by atoms with van der Waals surface area (Å²) >= 11 is 0. The van der Waals surface area contributed by atoms with Gasteiger partial charge in [-0.1, -0.05) is 0 Å². The third-order valence-corrected chi connectivity index (χ3v) is 2.91. The maximum Gasteiger partial charge on any atom is 0.303 e. The van der Waals surface area contributed by atoms with E-state index < -0.39 is 11.9 Å². The highest BCUT2D eigenvalue weighted by atomic mass is 16.5. The lowest BCUT2D eigenvalue weighted by Crippen LogP contribution is -2.26. The van der Waals surface area contributed by atoms with Gasteiger partial charge in [-0.25, -0.2) is 0 Å². The molecule has 15 heavy (non-hydrogen) atoms. The Morgan fingerprint density at radius 1 is 1.33 bits per heavy atom. The molecule has 0 saturated carbocycles. The number of hydrogen-bond donors (Lipinski definition) is 2. The lowest BCUT2D eigenvalue weighted by atomic mass is 9.83. The molecule has 2 unspecified atom stereocenters. The third kappa shape index (κ3) is 3.51. The van der Waals surface area contributed by atoms with Crippen LogP contribution in [0.1, 0.15) is 26.2 Å². The van der Waals surface area contributed by atoms with E-state index in [1.165, 1.54) is 0 Å². The van der Waals surface area contributed by atoms with Crippen molar-refractivity contribution in [2.24, 2.45) is 11.8 Å². The van der Waals surface area contributed by atoms with Gasteiger partial charge in [0.2, 0.25) is 0 Å². The number of aliphatic carboxylic acids is 2. The molecule has 0 bridgehead atoms. The van der Waals surface area contributed by atoms with Crippen LogP contribution in [0.4, 0.5) is 0 Å². The van der Waals surface area contributed by atoms with E-state index in [0.29, 0.717) is 6.61 Å². The Morgan fingerprint density at radius 2 is 1.87 bits per heavy atom. The van der Waals surface area contributed by atoms with Crippen LogP contribution in [0.25, 0.3) is 0 Å². The smallest absolute Gasteiger partial charge is 0.303 e. The molecule has 0 aliphatic carbocycles. The topological polar surface area (TPSA) is 83.8 Å². The van der Waals surface area contributed by atoms with E-state index in [-0.39, 0.29) is 30.8 Å². The van der Waals surface area contributed by atoms with E-state index in [2.05, 4.69) is 0 Å². The number of ether oxygens (including phenoxy) is 1. The van der Waals surface area contributed by atoms with Crippen LogP contribution in [0.2, 0.25) is 0 Å². The lowest BCUT2D eigenvalue weighted by molar-refractivity contribution is -0.141. The summed E-state index contributed by atoms with van der Waals surface area (Å²) in [5.74, 6) is -2.16. The molecule has 1 rings (SSSR count). The minimum Gasteiger partial charge on any atom is -0.481 e. The zero-order chi connectivity index (χ0) is 11.4. The minimum atomic E-state index is -0.944. The van der Waals surface area contributed by atoms with Crippen molar-refractivity contribution in [2.45, 2.75) is 32.3 Å². The SMILES string of the molecule is CC1OCCC1C(CC(=O)O)CC(=O)O. The van der Waals surface area contributed by atoms with Gasteiger partial charge in [-0.2, -0.15) is 0 Å². The maximum atomic E-state index is 10.6. The third-order valence-electron chi connectivity index (χ3n) is 2.91. The normalized spacial score (nSPS) is 25.7. The Hall–Kier alpha value is -1.10. The Labute approximate surface area is 88.0 Å². The van der Waals surface area contributed by atoms with Crippen LogP contribution in [-0.2, 0) is 14.3 Å². The summed E-state index contributed by atoms with van der Waals surface area (Å²) in [5, 5.41) is 17.4. The Kier molecular flexibility index (Phi) is 4.08.